The molecule has 2 aromatic heterocycles. The standard InChI is InChI=1S/C12H8F3N3O4S/c13-12(14,15)5-18-2-1-6(3-8(18)20)9-7(4-19)23-10(16-9)17-11(21)22/h1-4H,5H2,(H,16,17)(H,21,22). The Labute approximate surface area is 130 Å². The molecule has 1 amide bonds. The molecule has 0 aliphatic rings. The summed E-state index contributed by atoms with van der Waals surface area (Å²) in [5.74, 6) is 0. The SMILES string of the molecule is O=Cc1sc(NC(=O)O)nc1-c1ccn(CC(F)(F)F)c(=O)c1. The number of carbonyl (C=O) groups is 2. The highest BCUT2D eigenvalue weighted by atomic mass is 32.1. The lowest BCUT2D eigenvalue weighted by Crippen LogP contribution is -2.27. The van der Waals surface area contributed by atoms with Gasteiger partial charge in [0.25, 0.3) is 5.56 Å². The minimum absolute atomic E-state index is 0.0185. The van der Waals surface area contributed by atoms with Gasteiger partial charge in [-0.1, -0.05) is 11.3 Å². The van der Waals surface area contributed by atoms with Gasteiger partial charge in [-0.15, -0.1) is 0 Å². The molecule has 0 unspecified atom stereocenters. The van der Waals surface area contributed by atoms with E-state index < -0.39 is 24.4 Å². The highest BCUT2D eigenvalue weighted by Crippen LogP contribution is 2.29. The van der Waals surface area contributed by atoms with Crippen LogP contribution < -0.4 is 10.9 Å². The van der Waals surface area contributed by atoms with E-state index in [1.165, 1.54) is 6.07 Å². The van der Waals surface area contributed by atoms with Crippen molar-refractivity contribution in [2.24, 2.45) is 0 Å². The highest BCUT2D eigenvalue weighted by molar-refractivity contribution is 7.17. The number of hydrogen-bond acceptors (Lipinski definition) is 5. The quantitative estimate of drug-likeness (QED) is 0.827. The third-order valence-electron chi connectivity index (χ3n) is 2.59. The smallest absolute Gasteiger partial charge is 0.410 e. The fourth-order valence-electron chi connectivity index (χ4n) is 1.74. The molecule has 11 heteroatoms. The molecule has 2 N–H and O–H groups in total. The Bertz CT molecular complexity index is 813. The van der Waals surface area contributed by atoms with Gasteiger partial charge in [0.2, 0.25) is 0 Å². The molecule has 2 rings (SSSR count). The van der Waals surface area contributed by atoms with Crippen molar-refractivity contribution in [1.29, 1.82) is 0 Å². The van der Waals surface area contributed by atoms with E-state index in [0.717, 1.165) is 23.6 Å². The van der Waals surface area contributed by atoms with Crippen molar-refractivity contribution < 1.29 is 27.9 Å². The van der Waals surface area contributed by atoms with Crippen molar-refractivity contribution in [1.82, 2.24) is 9.55 Å². The van der Waals surface area contributed by atoms with Gasteiger partial charge >= 0.3 is 12.3 Å². The predicted molar refractivity (Wildman–Crippen MR) is 74.9 cm³/mol. The number of rotatable bonds is 4. The van der Waals surface area contributed by atoms with Gasteiger partial charge < -0.3 is 9.67 Å². The third kappa shape index (κ3) is 4.16. The monoisotopic (exact) mass is 347 g/mol. The van der Waals surface area contributed by atoms with Crippen molar-refractivity contribution in [3.05, 3.63) is 33.6 Å². The zero-order valence-corrected chi connectivity index (χ0v) is 11.9. The summed E-state index contributed by atoms with van der Waals surface area (Å²) < 4.78 is 37.4. The second-order valence-corrected chi connectivity index (χ2v) is 5.31. The summed E-state index contributed by atoms with van der Waals surface area (Å²) in [4.78, 5) is 37.2. The van der Waals surface area contributed by atoms with Crippen LogP contribution in [0, 0.1) is 0 Å². The lowest BCUT2D eigenvalue weighted by molar-refractivity contribution is -0.141. The fourth-order valence-corrected chi connectivity index (χ4v) is 2.53. The van der Waals surface area contributed by atoms with E-state index in [2.05, 4.69) is 4.98 Å². The van der Waals surface area contributed by atoms with Gasteiger partial charge in [-0.05, 0) is 6.07 Å². The number of pyridine rings is 1. The topological polar surface area (TPSA) is 101 Å². The van der Waals surface area contributed by atoms with Crippen molar-refractivity contribution in [3.63, 3.8) is 0 Å². The van der Waals surface area contributed by atoms with Gasteiger partial charge in [0.1, 0.15) is 6.54 Å². The van der Waals surface area contributed by atoms with Gasteiger partial charge in [-0.3, -0.25) is 14.9 Å². The number of anilines is 1. The zero-order chi connectivity index (χ0) is 17.2. The average Bonchev–Trinajstić information content (AvgIpc) is 2.81. The van der Waals surface area contributed by atoms with Crippen molar-refractivity contribution in [2.45, 2.75) is 12.7 Å². The number of thiazole rings is 1. The summed E-state index contributed by atoms with van der Waals surface area (Å²) in [6.07, 6.45) is -4.58. The summed E-state index contributed by atoms with van der Waals surface area (Å²) >= 11 is 0.743. The molecular formula is C12H8F3N3O4S. The van der Waals surface area contributed by atoms with E-state index in [9.17, 15) is 27.6 Å². The van der Waals surface area contributed by atoms with Gasteiger partial charge in [0, 0.05) is 17.8 Å². The Balaban J connectivity index is 2.41. The number of hydrogen-bond donors (Lipinski definition) is 2. The lowest BCUT2D eigenvalue weighted by atomic mass is 10.2. The molecule has 2 aromatic rings. The summed E-state index contributed by atoms with van der Waals surface area (Å²) in [7, 11) is 0. The maximum Gasteiger partial charge on any atom is 0.410 e. The number of carbonyl (C=O) groups excluding carboxylic acids is 1. The van der Waals surface area contributed by atoms with Crippen LogP contribution in [0.25, 0.3) is 11.3 Å². The van der Waals surface area contributed by atoms with Crippen molar-refractivity contribution >= 4 is 28.8 Å². The molecule has 0 saturated carbocycles. The van der Waals surface area contributed by atoms with Crippen molar-refractivity contribution in [2.75, 3.05) is 5.32 Å². The number of nitrogens with zero attached hydrogens (tertiary/aromatic N) is 2. The average molecular weight is 347 g/mol. The molecule has 0 atom stereocenters. The predicted octanol–water partition coefficient (Wildman–Crippen LogP) is 2.44. The minimum atomic E-state index is -4.54. The molecule has 0 bridgehead atoms. The van der Waals surface area contributed by atoms with Crippen LogP contribution in [-0.2, 0) is 6.54 Å². The van der Waals surface area contributed by atoms with Gasteiger partial charge in [-0.25, -0.2) is 9.78 Å². The number of amides is 1. The number of aromatic nitrogens is 2. The van der Waals surface area contributed by atoms with Gasteiger partial charge in [0.05, 0.1) is 10.6 Å². The van der Waals surface area contributed by atoms with Crippen molar-refractivity contribution in [3.8, 4) is 11.3 Å². The molecule has 2 heterocycles. The number of carboxylic acid groups (broad SMARTS) is 1. The van der Waals surface area contributed by atoms with Crippen LogP contribution in [0.5, 0.6) is 0 Å². The van der Waals surface area contributed by atoms with E-state index in [0.29, 0.717) is 10.9 Å². The van der Waals surface area contributed by atoms with E-state index in [-0.39, 0.29) is 21.3 Å². The van der Waals surface area contributed by atoms with Crippen LogP contribution in [0.15, 0.2) is 23.1 Å². The Hall–Kier alpha value is -2.69. The molecule has 122 valence electrons. The van der Waals surface area contributed by atoms with Crippen LogP contribution in [0.3, 0.4) is 0 Å². The van der Waals surface area contributed by atoms with E-state index in [4.69, 9.17) is 5.11 Å². The number of aldehydes is 1. The largest absolute Gasteiger partial charge is 0.465 e. The van der Waals surface area contributed by atoms with Crippen LogP contribution >= 0.6 is 11.3 Å². The normalized spacial score (nSPS) is 11.3. The summed E-state index contributed by atoms with van der Waals surface area (Å²) in [5.41, 5.74) is -0.785. The first-order valence-corrected chi connectivity index (χ1v) is 6.75. The Kier molecular flexibility index (Phi) is 4.50. The Morgan fingerprint density at radius 3 is 2.70 bits per heavy atom. The van der Waals surface area contributed by atoms with Gasteiger partial charge in [-0.2, -0.15) is 13.2 Å². The number of halogens is 3. The summed E-state index contributed by atoms with van der Waals surface area (Å²) in [5, 5.41) is 10.5. The second kappa shape index (κ2) is 6.20. The minimum Gasteiger partial charge on any atom is -0.465 e. The first-order chi connectivity index (χ1) is 10.7. The molecule has 0 aromatic carbocycles. The molecule has 0 fully saturated rings. The van der Waals surface area contributed by atoms with Gasteiger partial charge in [0.15, 0.2) is 11.4 Å². The zero-order valence-electron chi connectivity index (χ0n) is 11.1. The molecule has 0 saturated heterocycles. The summed E-state index contributed by atoms with van der Waals surface area (Å²) in [6.45, 7) is -1.43. The number of alkyl halides is 3. The van der Waals surface area contributed by atoms with Crippen LogP contribution in [0.4, 0.5) is 23.1 Å². The molecular weight excluding hydrogens is 339 g/mol. The van der Waals surface area contributed by atoms with E-state index in [1.54, 1.807) is 0 Å². The Morgan fingerprint density at radius 1 is 1.48 bits per heavy atom. The highest BCUT2D eigenvalue weighted by Gasteiger charge is 2.28. The van der Waals surface area contributed by atoms with E-state index in [1.807, 2.05) is 5.32 Å². The van der Waals surface area contributed by atoms with E-state index >= 15 is 0 Å². The Morgan fingerprint density at radius 2 is 2.17 bits per heavy atom. The molecule has 0 spiro atoms. The van der Waals surface area contributed by atoms with Crippen LogP contribution in [0.1, 0.15) is 9.67 Å². The first-order valence-electron chi connectivity index (χ1n) is 5.93. The maximum atomic E-state index is 12.3. The fraction of sp³-hybridized carbons (Fsp3) is 0.167. The van der Waals surface area contributed by atoms with Crippen LogP contribution in [-0.4, -0.2) is 33.2 Å². The molecule has 0 aliphatic heterocycles. The second-order valence-electron chi connectivity index (χ2n) is 4.28. The number of nitrogens with one attached hydrogen (secondary N) is 1. The maximum absolute atomic E-state index is 12.3. The molecule has 0 aliphatic carbocycles. The third-order valence-corrected chi connectivity index (χ3v) is 3.49. The van der Waals surface area contributed by atoms with Crippen LogP contribution in [0.2, 0.25) is 0 Å². The molecule has 7 nitrogen and oxygen atoms in total. The lowest BCUT2D eigenvalue weighted by Gasteiger charge is -2.09. The summed E-state index contributed by atoms with van der Waals surface area (Å²) in [6, 6.07) is 2.10. The molecule has 0 radical (unpaired) electrons. The molecule has 23 heavy (non-hydrogen) atoms. The first kappa shape index (κ1) is 16.7.